The normalized spacial score (nSPS) is 19.4. The van der Waals surface area contributed by atoms with Crippen molar-refractivity contribution in [3.63, 3.8) is 0 Å². The minimum atomic E-state index is -1.74. The van der Waals surface area contributed by atoms with Crippen LogP contribution in [0.5, 0.6) is 0 Å². The van der Waals surface area contributed by atoms with E-state index in [1.807, 2.05) is 0 Å². The molecule has 0 radical (unpaired) electrons. The lowest BCUT2D eigenvalue weighted by Crippen LogP contribution is -2.47. The molecule has 0 spiro atoms. The minimum Gasteiger partial charge on any atom is -0.383 e. The molecule has 0 aromatic heterocycles. The Morgan fingerprint density at radius 3 is 1.29 bits per heavy atom. The molecule has 0 fully saturated rings. The fraction of sp³-hybridized carbons (Fsp3) is 1.00. The Bertz CT molecular complexity index is 208. The van der Waals surface area contributed by atoms with Crippen molar-refractivity contribution in [2.45, 2.75) is 38.1 Å². The van der Waals surface area contributed by atoms with E-state index in [0.717, 1.165) is 13.8 Å². The van der Waals surface area contributed by atoms with Gasteiger partial charge in [0.05, 0.1) is 0 Å². The van der Waals surface area contributed by atoms with Crippen LogP contribution in [-0.4, -0.2) is 44.4 Å². The largest absolute Gasteiger partial charge is 0.383 e. The Kier molecular flexibility index (Phi) is 4.38. The van der Waals surface area contributed by atoms with E-state index in [4.69, 9.17) is 0 Å². The van der Waals surface area contributed by atoms with Crippen molar-refractivity contribution in [3.8, 4) is 0 Å². The van der Waals surface area contributed by atoms with E-state index in [0.29, 0.717) is 0 Å². The molecular weight excluding hydrogens is 196 g/mol. The Morgan fingerprint density at radius 2 is 1.14 bits per heavy atom. The SMILES string of the molecule is CC(C(O)C(O)C(C)[N+](=O)[O-])[N+](=O)[O-]. The molecule has 0 aromatic rings. The lowest BCUT2D eigenvalue weighted by Gasteiger charge is -2.19. The summed E-state index contributed by atoms with van der Waals surface area (Å²) in [5.74, 6) is 0. The molecule has 14 heavy (non-hydrogen) atoms. The number of hydrogen-bond donors (Lipinski definition) is 2. The van der Waals surface area contributed by atoms with Crippen LogP contribution in [-0.2, 0) is 0 Å². The van der Waals surface area contributed by atoms with E-state index in [-0.39, 0.29) is 0 Å². The predicted octanol–water partition coefficient (Wildman–Crippen LogP) is -0.961. The first-order chi connectivity index (χ1) is 6.29. The summed E-state index contributed by atoms with van der Waals surface area (Å²) < 4.78 is 0. The minimum absolute atomic E-state index is 0.805. The molecule has 0 aromatic carbocycles. The van der Waals surface area contributed by atoms with Crippen LogP contribution in [0.2, 0.25) is 0 Å². The molecule has 0 rings (SSSR count). The van der Waals surface area contributed by atoms with Crippen LogP contribution in [0.4, 0.5) is 0 Å². The maximum Gasteiger partial charge on any atom is 0.238 e. The molecule has 4 unspecified atom stereocenters. The van der Waals surface area contributed by atoms with Crippen LogP contribution in [0.1, 0.15) is 13.8 Å². The molecular formula is C6H12N2O6. The van der Waals surface area contributed by atoms with E-state index < -0.39 is 34.1 Å². The Hall–Kier alpha value is -1.28. The molecule has 4 atom stereocenters. The molecule has 0 aliphatic rings. The number of nitro groups is 2. The third-order valence-corrected chi connectivity index (χ3v) is 2.00. The maximum atomic E-state index is 10.2. The average Bonchev–Trinajstić information content (AvgIpc) is 2.12. The molecule has 0 amide bonds. The van der Waals surface area contributed by atoms with Gasteiger partial charge in [-0.1, -0.05) is 0 Å². The number of rotatable bonds is 5. The molecule has 0 aliphatic carbocycles. The van der Waals surface area contributed by atoms with Gasteiger partial charge in [-0.2, -0.15) is 0 Å². The summed E-state index contributed by atoms with van der Waals surface area (Å²) in [6.45, 7) is 2.14. The zero-order valence-electron chi connectivity index (χ0n) is 7.73. The van der Waals surface area contributed by atoms with Gasteiger partial charge in [-0.05, 0) is 0 Å². The van der Waals surface area contributed by atoms with E-state index in [1.165, 1.54) is 0 Å². The molecule has 0 saturated heterocycles. The fourth-order valence-electron chi connectivity index (χ4n) is 0.820. The second-order valence-electron chi connectivity index (χ2n) is 3.03. The second kappa shape index (κ2) is 4.82. The van der Waals surface area contributed by atoms with E-state index in [2.05, 4.69) is 0 Å². The summed E-state index contributed by atoms with van der Waals surface area (Å²) in [6.07, 6.45) is -3.49. The van der Waals surface area contributed by atoms with Crippen molar-refractivity contribution in [2.24, 2.45) is 0 Å². The highest BCUT2D eigenvalue weighted by Gasteiger charge is 2.39. The third-order valence-electron chi connectivity index (χ3n) is 2.00. The number of hydrogen-bond acceptors (Lipinski definition) is 6. The van der Waals surface area contributed by atoms with Gasteiger partial charge < -0.3 is 10.2 Å². The van der Waals surface area contributed by atoms with Gasteiger partial charge in [-0.25, -0.2) is 0 Å². The van der Waals surface area contributed by atoms with Crippen molar-refractivity contribution in [1.29, 1.82) is 0 Å². The van der Waals surface area contributed by atoms with Crippen LogP contribution in [0.15, 0.2) is 0 Å². The van der Waals surface area contributed by atoms with Gasteiger partial charge in [0.2, 0.25) is 12.1 Å². The Morgan fingerprint density at radius 1 is 0.929 bits per heavy atom. The van der Waals surface area contributed by atoms with E-state index in [1.54, 1.807) is 0 Å². The first kappa shape index (κ1) is 12.7. The lowest BCUT2D eigenvalue weighted by atomic mass is 10.0. The molecule has 0 bridgehead atoms. The summed E-state index contributed by atoms with van der Waals surface area (Å²) >= 11 is 0. The predicted molar refractivity (Wildman–Crippen MR) is 44.9 cm³/mol. The highest BCUT2D eigenvalue weighted by atomic mass is 16.6. The van der Waals surface area contributed by atoms with Crippen molar-refractivity contribution >= 4 is 0 Å². The summed E-state index contributed by atoms with van der Waals surface area (Å²) in [7, 11) is 0. The topological polar surface area (TPSA) is 127 Å². The van der Waals surface area contributed by atoms with Gasteiger partial charge in [-0.3, -0.25) is 20.2 Å². The van der Waals surface area contributed by atoms with Gasteiger partial charge in [0.1, 0.15) is 0 Å². The molecule has 0 heterocycles. The van der Waals surface area contributed by atoms with Crippen LogP contribution < -0.4 is 0 Å². The van der Waals surface area contributed by atoms with Crippen molar-refractivity contribution in [3.05, 3.63) is 20.2 Å². The molecule has 0 aliphatic heterocycles. The number of aliphatic hydroxyl groups excluding tert-OH is 2. The molecule has 82 valence electrons. The molecule has 0 saturated carbocycles. The Balaban J connectivity index is 4.45. The lowest BCUT2D eigenvalue weighted by molar-refractivity contribution is -0.553. The van der Waals surface area contributed by atoms with Gasteiger partial charge in [0, 0.05) is 23.7 Å². The first-order valence-corrected chi connectivity index (χ1v) is 3.92. The summed E-state index contributed by atoms with van der Waals surface area (Å²) in [6, 6.07) is -2.88. The Labute approximate surface area is 79.5 Å². The molecule has 2 N–H and O–H groups in total. The highest BCUT2D eigenvalue weighted by molar-refractivity contribution is 4.76. The summed E-state index contributed by atoms with van der Waals surface area (Å²) in [5.41, 5.74) is 0. The van der Waals surface area contributed by atoms with Crippen LogP contribution >= 0.6 is 0 Å². The number of nitrogens with zero attached hydrogens (tertiary/aromatic N) is 2. The van der Waals surface area contributed by atoms with Crippen LogP contribution in [0.3, 0.4) is 0 Å². The van der Waals surface area contributed by atoms with Gasteiger partial charge >= 0.3 is 0 Å². The van der Waals surface area contributed by atoms with Gasteiger partial charge in [-0.15, -0.1) is 0 Å². The summed E-state index contributed by atoms with van der Waals surface area (Å²) in [5, 5.41) is 38.8. The standard InChI is InChI=1S/C6H12N2O6/c1-3(7(11)12)5(9)6(10)4(2)8(13)14/h3-6,9-10H,1-2H3. The van der Waals surface area contributed by atoms with E-state index in [9.17, 15) is 30.4 Å². The third kappa shape index (κ3) is 2.89. The fourth-order valence-corrected chi connectivity index (χ4v) is 0.820. The van der Waals surface area contributed by atoms with Crippen molar-refractivity contribution < 1.29 is 20.1 Å². The molecule has 8 nitrogen and oxygen atoms in total. The maximum absolute atomic E-state index is 10.2. The summed E-state index contributed by atoms with van der Waals surface area (Å²) in [4.78, 5) is 18.8. The van der Waals surface area contributed by atoms with Crippen LogP contribution in [0, 0.1) is 20.2 Å². The van der Waals surface area contributed by atoms with Crippen LogP contribution in [0.25, 0.3) is 0 Å². The molecule has 8 heteroatoms. The zero-order valence-corrected chi connectivity index (χ0v) is 7.73. The smallest absolute Gasteiger partial charge is 0.238 e. The van der Waals surface area contributed by atoms with Crippen molar-refractivity contribution in [1.82, 2.24) is 0 Å². The second-order valence-corrected chi connectivity index (χ2v) is 3.03. The zero-order chi connectivity index (χ0) is 11.5. The van der Waals surface area contributed by atoms with E-state index >= 15 is 0 Å². The quantitative estimate of drug-likeness (QED) is 0.442. The van der Waals surface area contributed by atoms with Crippen molar-refractivity contribution in [2.75, 3.05) is 0 Å². The highest BCUT2D eigenvalue weighted by Crippen LogP contribution is 2.08. The van der Waals surface area contributed by atoms with Gasteiger partial charge in [0.25, 0.3) is 0 Å². The average molecular weight is 208 g/mol. The first-order valence-electron chi connectivity index (χ1n) is 3.92. The van der Waals surface area contributed by atoms with Gasteiger partial charge in [0.15, 0.2) is 12.2 Å². The monoisotopic (exact) mass is 208 g/mol. The number of aliphatic hydroxyl groups is 2.